The van der Waals surface area contributed by atoms with E-state index in [1.165, 1.54) is 0 Å². The van der Waals surface area contributed by atoms with Gasteiger partial charge in [0, 0.05) is 25.1 Å². The lowest BCUT2D eigenvalue weighted by atomic mass is 10.1. The lowest BCUT2D eigenvalue weighted by molar-refractivity contribution is -0.136. The van der Waals surface area contributed by atoms with E-state index in [1.54, 1.807) is 46.7 Å². The number of carboxylic acids is 1. The molecule has 1 aromatic heterocycles. The fourth-order valence-corrected chi connectivity index (χ4v) is 2.97. The van der Waals surface area contributed by atoms with Crippen molar-refractivity contribution in [1.29, 1.82) is 5.41 Å². The highest BCUT2D eigenvalue weighted by molar-refractivity contribution is 5.95. The van der Waals surface area contributed by atoms with Crippen LogP contribution in [-0.4, -0.2) is 26.3 Å². The van der Waals surface area contributed by atoms with Gasteiger partial charge in [0.15, 0.2) is 0 Å². The van der Waals surface area contributed by atoms with E-state index < -0.39 is 5.97 Å². The Labute approximate surface area is 155 Å². The zero-order valence-electron chi connectivity index (χ0n) is 14.8. The van der Waals surface area contributed by atoms with Gasteiger partial charge in [-0.2, -0.15) is 0 Å². The molecule has 7 heteroatoms. The molecule has 0 bridgehead atoms. The Kier molecular flexibility index (Phi) is 4.94. The quantitative estimate of drug-likeness (QED) is 0.459. The van der Waals surface area contributed by atoms with Gasteiger partial charge in [0.2, 0.25) is 0 Å². The number of nitrogens with one attached hydrogen (secondary N) is 1. The lowest BCUT2D eigenvalue weighted by Gasteiger charge is -2.11. The molecule has 3 aromatic rings. The molecule has 0 atom stereocenters. The number of nitrogen functional groups attached to an aromatic ring is 1. The predicted molar refractivity (Wildman–Crippen MR) is 103 cm³/mol. The van der Waals surface area contributed by atoms with Crippen molar-refractivity contribution >= 4 is 11.8 Å². The molecule has 3 rings (SSSR count). The fourth-order valence-electron chi connectivity index (χ4n) is 2.97. The molecule has 2 aromatic carbocycles. The molecule has 0 aliphatic heterocycles. The van der Waals surface area contributed by atoms with E-state index in [-0.39, 0.29) is 17.8 Å². The summed E-state index contributed by atoms with van der Waals surface area (Å²) >= 11 is 0. The van der Waals surface area contributed by atoms with Gasteiger partial charge in [-0.1, -0.05) is 36.4 Å². The number of nitrogens with zero attached hydrogens (tertiary/aromatic N) is 2. The van der Waals surface area contributed by atoms with Gasteiger partial charge in [0.1, 0.15) is 5.84 Å². The third-order valence-electron chi connectivity index (χ3n) is 4.42. The standard InChI is InChI=1S/C20H20N4O3/c1-23-17(14-5-7-15(8-6-14)20(21)22)12-18(25)24(23)16-9-2-13(3-10-16)4-11-19(26)27/h2-3,5-10,12H,4,11H2,1H3,(H3,21,22)(H,26,27). The first-order valence-electron chi connectivity index (χ1n) is 8.42. The molecule has 0 amide bonds. The average molecular weight is 364 g/mol. The Morgan fingerprint density at radius 1 is 1.11 bits per heavy atom. The number of hydrogen-bond acceptors (Lipinski definition) is 3. The molecule has 0 aliphatic rings. The second-order valence-corrected chi connectivity index (χ2v) is 6.25. The van der Waals surface area contributed by atoms with Crippen LogP contribution in [0.5, 0.6) is 0 Å². The minimum atomic E-state index is -0.835. The highest BCUT2D eigenvalue weighted by Gasteiger charge is 2.12. The third-order valence-corrected chi connectivity index (χ3v) is 4.42. The third kappa shape index (κ3) is 3.82. The second kappa shape index (κ2) is 7.33. The molecule has 0 aliphatic carbocycles. The Morgan fingerprint density at radius 2 is 1.74 bits per heavy atom. The zero-order valence-corrected chi connectivity index (χ0v) is 14.8. The molecule has 138 valence electrons. The minimum absolute atomic E-state index is 0.00371. The van der Waals surface area contributed by atoms with Crippen molar-refractivity contribution in [3.05, 3.63) is 76.1 Å². The van der Waals surface area contributed by atoms with E-state index in [1.807, 2.05) is 24.3 Å². The summed E-state index contributed by atoms with van der Waals surface area (Å²) in [7, 11) is 1.80. The molecule has 0 fully saturated rings. The van der Waals surface area contributed by atoms with Crippen LogP contribution in [0.3, 0.4) is 0 Å². The van der Waals surface area contributed by atoms with Crippen molar-refractivity contribution in [3.8, 4) is 16.9 Å². The van der Waals surface area contributed by atoms with Gasteiger partial charge < -0.3 is 10.8 Å². The number of carboxylic acid groups (broad SMARTS) is 1. The number of rotatable bonds is 6. The Hall–Kier alpha value is -3.61. The van der Waals surface area contributed by atoms with Crippen LogP contribution in [0.2, 0.25) is 0 Å². The molecular weight excluding hydrogens is 344 g/mol. The van der Waals surface area contributed by atoms with Gasteiger partial charge in [-0.05, 0) is 29.7 Å². The summed E-state index contributed by atoms with van der Waals surface area (Å²) < 4.78 is 3.31. The first kappa shape index (κ1) is 18.2. The summed E-state index contributed by atoms with van der Waals surface area (Å²) in [4.78, 5) is 23.2. The van der Waals surface area contributed by atoms with Gasteiger partial charge >= 0.3 is 5.97 Å². The Morgan fingerprint density at radius 3 is 2.30 bits per heavy atom. The van der Waals surface area contributed by atoms with Gasteiger partial charge in [-0.15, -0.1) is 0 Å². The van der Waals surface area contributed by atoms with Crippen molar-refractivity contribution in [2.24, 2.45) is 12.8 Å². The fraction of sp³-hybridized carbons (Fsp3) is 0.150. The van der Waals surface area contributed by atoms with Crippen molar-refractivity contribution in [1.82, 2.24) is 9.36 Å². The van der Waals surface area contributed by atoms with Gasteiger partial charge in [0.05, 0.1) is 11.4 Å². The molecule has 0 unspecified atom stereocenters. The largest absolute Gasteiger partial charge is 0.481 e. The number of hydrogen-bond donors (Lipinski definition) is 3. The highest BCUT2D eigenvalue weighted by atomic mass is 16.4. The molecule has 0 saturated heterocycles. The topological polar surface area (TPSA) is 114 Å². The number of benzene rings is 2. The SMILES string of the molecule is Cn1c(-c2ccc(C(=N)N)cc2)cc(=O)n1-c1ccc(CCC(=O)O)cc1. The number of aliphatic carboxylic acids is 1. The van der Waals surface area contributed by atoms with E-state index in [2.05, 4.69) is 0 Å². The molecule has 4 N–H and O–H groups in total. The van der Waals surface area contributed by atoms with Gasteiger partial charge in [0.25, 0.3) is 5.56 Å². The number of carbonyl (C=O) groups is 1. The van der Waals surface area contributed by atoms with E-state index in [4.69, 9.17) is 16.2 Å². The zero-order chi connectivity index (χ0) is 19.6. The van der Waals surface area contributed by atoms with Crippen LogP contribution in [0.1, 0.15) is 17.5 Å². The van der Waals surface area contributed by atoms with Gasteiger partial charge in [-0.3, -0.25) is 19.7 Å². The van der Waals surface area contributed by atoms with E-state index >= 15 is 0 Å². The van der Waals surface area contributed by atoms with Crippen LogP contribution in [-0.2, 0) is 18.3 Å². The van der Waals surface area contributed by atoms with E-state index in [0.29, 0.717) is 17.7 Å². The highest BCUT2D eigenvalue weighted by Crippen LogP contribution is 2.20. The summed E-state index contributed by atoms with van der Waals surface area (Å²) in [6, 6.07) is 16.0. The smallest absolute Gasteiger partial charge is 0.303 e. The minimum Gasteiger partial charge on any atom is -0.481 e. The predicted octanol–water partition coefficient (Wildman–Crippen LogP) is 2.14. The first-order valence-corrected chi connectivity index (χ1v) is 8.42. The number of nitrogens with two attached hydrogens (primary N) is 1. The van der Waals surface area contributed by atoms with Gasteiger partial charge in [-0.25, -0.2) is 4.68 Å². The van der Waals surface area contributed by atoms with Crippen molar-refractivity contribution in [3.63, 3.8) is 0 Å². The normalized spacial score (nSPS) is 10.7. The summed E-state index contributed by atoms with van der Waals surface area (Å²) in [6.45, 7) is 0. The van der Waals surface area contributed by atoms with Crippen LogP contribution in [0.25, 0.3) is 16.9 Å². The van der Waals surface area contributed by atoms with Crippen LogP contribution < -0.4 is 11.3 Å². The van der Waals surface area contributed by atoms with Crippen molar-refractivity contribution < 1.29 is 9.90 Å². The summed E-state index contributed by atoms with van der Waals surface area (Å²) in [5.74, 6) is -0.839. The maximum absolute atomic E-state index is 12.5. The van der Waals surface area contributed by atoms with E-state index in [9.17, 15) is 9.59 Å². The van der Waals surface area contributed by atoms with Crippen LogP contribution >= 0.6 is 0 Å². The molecule has 0 spiro atoms. The Balaban J connectivity index is 1.93. The first-order chi connectivity index (χ1) is 12.9. The van der Waals surface area contributed by atoms with Crippen molar-refractivity contribution in [2.75, 3.05) is 0 Å². The van der Waals surface area contributed by atoms with Crippen LogP contribution in [0, 0.1) is 5.41 Å². The number of amidine groups is 1. The lowest BCUT2D eigenvalue weighted by Crippen LogP contribution is -2.19. The average Bonchev–Trinajstić information content (AvgIpc) is 2.95. The van der Waals surface area contributed by atoms with Crippen LogP contribution in [0.4, 0.5) is 0 Å². The Bertz CT molecular complexity index is 1040. The second-order valence-electron chi connectivity index (χ2n) is 6.25. The number of aryl methyl sites for hydroxylation is 1. The molecule has 27 heavy (non-hydrogen) atoms. The number of aromatic nitrogens is 2. The molecule has 0 saturated carbocycles. The summed E-state index contributed by atoms with van der Waals surface area (Å²) in [5.41, 5.74) is 9.13. The maximum atomic E-state index is 12.5. The molecule has 1 heterocycles. The summed E-state index contributed by atoms with van der Waals surface area (Å²) in [6.07, 6.45) is 0.523. The molecule has 0 radical (unpaired) electrons. The summed E-state index contributed by atoms with van der Waals surface area (Å²) in [5, 5.41) is 16.2. The van der Waals surface area contributed by atoms with E-state index in [0.717, 1.165) is 16.8 Å². The molecule has 7 nitrogen and oxygen atoms in total. The maximum Gasteiger partial charge on any atom is 0.303 e. The van der Waals surface area contributed by atoms with Crippen molar-refractivity contribution in [2.45, 2.75) is 12.8 Å². The monoisotopic (exact) mass is 364 g/mol. The molecular formula is C20H20N4O3. The van der Waals surface area contributed by atoms with Crippen LogP contribution in [0.15, 0.2) is 59.4 Å².